The van der Waals surface area contributed by atoms with Crippen LogP contribution in [0, 0.1) is 6.92 Å². The lowest BCUT2D eigenvalue weighted by molar-refractivity contribution is -0.149. The number of nitrogens with zero attached hydrogens (tertiary/aromatic N) is 4. The first-order valence-corrected chi connectivity index (χ1v) is 12.7. The van der Waals surface area contributed by atoms with Gasteiger partial charge in [0, 0.05) is 12.0 Å². The Kier molecular flexibility index (Phi) is 8.87. The van der Waals surface area contributed by atoms with Gasteiger partial charge in [0.1, 0.15) is 36.4 Å². The highest BCUT2D eigenvalue weighted by atomic mass is 31.2. The maximum absolute atomic E-state index is 13.9. The first kappa shape index (κ1) is 26.7. The van der Waals surface area contributed by atoms with E-state index in [1.54, 1.807) is 51.1 Å². The molecule has 0 aliphatic heterocycles. The van der Waals surface area contributed by atoms with Gasteiger partial charge < -0.3 is 14.0 Å². The van der Waals surface area contributed by atoms with E-state index >= 15 is 0 Å². The molecule has 0 bridgehead atoms. The minimum Gasteiger partial charge on any atom is -0.462 e. The lowest BCUT2D eigenvalue weighted by atomic mass is 10.1. The largest absolute Gasteiger partial charge is 0.462 e. The van der Waals surface area contributed by atoms with E-state index in [0.717, 1.165) is 0 Å². The lowest BCUT2D eigenvalue weighted by Gasteiger charge is -2.26. The van der Waals surface area contributed by atoms with E-state index in [0.29, 0.717) is 17.0 Å². The molecule has 2 aromatic heterocycles. The minimum atomic E-state index is -3.99. The summed E-state index contributed by atoms with van der Waals surface area (Å²) in [4.78, 5) is 20.4. The van der Waals surface area contributed by atoms with Crippen LogP contribution in [0.5, 0.6) is 5.75 Å². The number of fused-ring (bicyclic) bond motifs is 1. The van der Waals surface area contributed by atoms with Gasteiger partial charge in [0.05, 0.1) is 12.3 Å². The number of hydrogen-bond acceptors (Lipinski definition) is 8. The van der Waals surface area contributed by atoms with Gasteiger partial charge in [-0.2, -0.15) is 5.10 Å². The van der Waals surface area contributed by atoms with E-state index in [2.05, 4.69) is 20.2 Å². The summed E-state index contributed by atoms with van der Waals surface area (Å²) in [6.45, 7) is 6.50. The number of para-hydroxylation sites is 1. The first-order chi connectivity index (χ1) is 16.6. The number of benzene rings is 1. The zero-order valence-corrected chi connectivity index (χ0v) is 20.7. The Morgan fingerprint density at radius 2 is 1.89 bits per heavy atom. The monoisotopic (exact) mass is 511 g/mol. The topological polar surface area (TPSA) is 117 Å². The molecule has 0 saturated carbocycles. The number of halogens is 2. The van der Waals surface area contributed by atoms with Crippen molar-refractivity contribution in [3.8, 4) is 5.75 Å². The Morgan fingerprint density at radius 3 is 2.54 bits per heavy atom. The number of aryl methyl sites for hydroxylation is 1. The zero-order valence-electron chi connectivity index (χ0n) is 19.8. The molecule has 0 radical (unpaired) electrons. The maximum atomic E-state index is 13.9. The fraction of sp³-hybridized carbons (Fsp3) is 0.455. The van der Waals surface area contributed by atoms with Crippen molar-refractivity contribution in [3.63, 3.8) is 0 Å². The van der Waals surface area contributed by atoms with Crippen molar-refractivity contribution in [3.05, 3.63) is 54.2 Å². The molecule has 3 atom stereocenters. The molecule has 0 fully saturated rings. The van der Waals surface area contributed by atoms with Crippen molar-refractivity contribution >= 4 is 19.1 Å². The van der Waals surface area contributed by atoms with Crippen LogP contribution in [0.1, 0.15) is 32.2 Å². The van der Waals surface area contributed by atoms with Crippen LogP contribution >= 0.6 is 7.52 Å². The van der Waals surface area contributed by atoms with Gasteiger partial charge in [-0.25, -0.2) is 28.4 Å². The second-order valence-electron chi connectivity index (χ2n) is 8.11. The molecule has 0 amide bonds. The maximum Gasteiger partial charge on any atom is 0.342 e. The Balaban J connectivity index is 1.78. The second-order valence-corrected chi connectivity index (χ2v) is 10.2. The summed E-state index contributed by atoms with van der Waals surface area (Å²) in [5, 5.41) is 6.71. The Labute approximate surface area is 201 Å². The standard InChI is InChI=1S/C22H28F2N5O5P/c1-14(2)33-22(30)15(3)28-35(31,34-18-8-6-5-7-9-18)13-32-19(20(23)24)10-17-11-27-29-16(4)25-12-26-21(17)29/h5-9,11-12,14-15,19-20H,10,13H2,1-4H3,(H,28,31)/t15-,19+,35?/m0/s1. The molecule has 0 saturated heterocycles. The van der Waals surface area contributed by atoms with Crippen LogP contribution in [-0.2, 0) is 25.3 Å². The number of alkyl halides is 2. The highest BCUT2D eigenvalue weighted by Crippen LogP contribution is 2.44. The van der Waals surface area contributed by atoms with Gasteiger partial charge in [0.15, 0.2) is 5.65 Å². The first-order valence-electron chi connectivity index (χ1n) is 10.9. The molecular weight excluding hydrogens is 483 g/mol. The average Bonchev–Trinajstić information content (AvgIpc) is 3.20. The molecule has 2 heterocycles. The highest BCUT2D eigenvalue weighted by molar-refractivity contribution is 7.57. The van der Waals surface area contributed by atoms with E-state index in [-0.39, 0.29) is 18.3 Å². The normalized spacial score (nSPS) is 15.2. The molecule has 10 nitrogen and oxygen atoms in total. The molecule has 13 heteroatoms. The van der Waals surface area contributed by atoms with E-state index in [1.165, 1.54) is 24.0 Å². The third-order valence-corrected chi connectivity index (χ3v) is 6.58. The number of rotatable bonds is 12. The molecule has 3 rings (SSSR count). The third-order valence-electron chi connectivity index (χ3n) is 4.80. The van der Waals surface area contributed by atoms with Crippen molar-refractivity contribution in [1.29, 1.82) is 0 Å². The fourth-order valence-electron chi connectivity index (χ4n) is 3.17. The number of nitrogens with one attached hydrogen (secondary N) is 1. The molecule has 1 aromatic carbocycles. The van der Waals surface area contributed by atoms with Crippen molar-refractivity contribution < 1.29 is 32.1 Å². The second kappa shape index (κ2) is 11.7. The van der Waals surface area contributed by atoms with Crippen LogP contribution < -0.4 is 9.61 Å². The molecule has 1 unspecified atom stereocenters. The van der Waals surface area contributed by atoms with Gasteiger partial charge in [-0.1, -0.05) is 18.2 Å². The summed E-state index contributed by atoms with van der Waals surface area (Å²) in [5.74, 6) is 0.103. The summed E-state index contributed by atoms with van der Waals surface area (Å²) >= 11 is 0. The molecule has 0 spiro atoms. The quantitative estimate of drug-likeness (QED) is 0.286. The number of esters is 1. The van der Waals surface area contributed by atoms with Crippen LogP contribution in [-0.4, -0.2) is 56.6 Å². The predicted molar refractivity (Wildman–Crippen MR) is 123 cm³/mol. The van der Waals surface area contributed by atoms with E-state index in [9.17, 15) is 18.1 Å². The van der Waals surface area contributed by atoms with Crippen LogP contribution in [0.15, 0.2) is 42.9 Å². The Morgan fingerprint density at radius 1 is 1.17 bits per heavy atom. The minimum absolute atomic E-state index is 0.222. The smallest absolute Gasteiger partial charge is 0.342 e. The predicted octanol–water partition coefficient (Wildman–Crippen LogP) is 3.78. The van der Waals surface area contributed by atoms with Gasteiger partial charge >= 0.3 is 13.5 Å². The molecule has 0 aliphatic rings. The summed E-state index contributed by atoms with van der Waals surface area (Å²) < 4.78 is 59.0. The van der Waals surface area contributed by atoms with Crippen molar-refractivity contribution in [2.75, 3.05) is 6.35 Å². The van der Waals surface area contributed by atoms with Crippen LogP contribution in [0.25, 0.3) is 5.65 Å². The van der Waals surface area contributed by atoms with Gasteiger partial charge in [-0.05, 0) is 39.8 Å². The highest BCUT2D eigenvalue weighted by Gasteiger charge is 2.34. The van der Waals surface area contributed by atoms with Gasteiger partial charge in [0.25, 0.3) is 6.43 Å². The fourth-order valence-corrected chi connectivity index (χ4v) is 4.90. The van der Waals surface area contributed by atoms with Gasteiger partial charge in [0.2, 0.25) is 0 Å². The van der Waals surface area contributed by atoms with E-state index < -0.39 is 38.4 Å². The average molecular weight is 511 g/mol. The number of ether oxygens (including phenoxy) is 2. The van der Waals surface area contributed by atoms with Crippen molar-refractivity contribution in [2.45, 2.75) is 58.8 Å². The van der Waals surface area contributed by atoms with Crippen molar-refractivity contribution in [2.24, 2.45) is 0 Å². The van der Waals surface area contributed by atoms with E-state index in [4.69, 9.17) is 14.0 Å². The summed E-state index contributed by atoms with van der Waals surface area (Å²) in [5.41, 5.74) is 0.792. The summed E-state index contributed by atoms with van der Waals surface area (Å²) in [6.07, 6.45) is -3.15. The molecular formula is C22H28F2N5O5P. The van der Waals surface area contributed by atoms with Crippen LogP contribution in [0.3, 0.4) is 0 Å². The number of aromatic nitrogens is 4. The number of hydrogen-bond donors (Lipinski definition) is 1. The number of carbonyl (C=O) groups is 1. The molecule has 0 aliphatic carbocycles. The summed E-state index contributed by atoms with van der Waals surface area (Å²) in [7, 11) is -3.99. The molecule has 190 valence electrons. The van der Waals surface area contributed by atoms with Gasteiger partial charge in [-0.15, -0.1) is 0 Å². The number of carbonyl (C=O) groups excluding carboxylic acids is 1. The Hall–Kier alpha value is -2.95. The molecule has 1 N–H and O–H groups in total. The Bertz CT molecular complexity index is 1180. The SMILES string of the molecule is Cc1ncnc2c(C[C@@H](OCP(=O)(N[C@@H](C)C(=O)OC(C)C)Oc3ccccc3)C(F)F)cnn12. The lowest BCUT2D eigenvalue weighted by Crippen LogP contribution is -2.37. The summed E-state index contributed by atoms with van der Waals surface area (Å²) in [6, 6.07) is 7.12. The third kappa shape index (κ3) is 7.27. The van der Waals surface area contributed by atoms with E-state index in [1.807, 2.05) is 0 Å². The molecule has 3 aromatic rings. The van der Waals surface area contributed by atoms with Crippen LogP contribution in [0.4, 0.5) is 8.78 Å². The van der Waals surface area contributed by atoms with Crippen molar-refractivity contribution in [1.82, 2.24) is 24.7 Å². The van der Waals surface area contributed by atoms with Gasteiger partial charge in [-0.3, -0.25) is 9.36 Å². The molecule has 35 heavy (non-hydrogen) atoms. The van der Waals surface area contributed by atoms with Crippen LogP contribution in [0.2, 0.25) is 0 Å². The zero-order chi connectivity index (χ0) is 25.6.